The Hall–Kier alpha value is -2.45. The van der Waals surface area contributed by atoms with E-state index in [1.54, 1.807) is 31.4 Å². The van der Waals surface area contributed by atoms with Crippen molar-refractivity contribution < 1.29 is 19.4 Å². The quantitative estimate of drug-likeness (QED) is 0.550. The van der Waals surface area contributed by atoms with Gasteiger partial charge in [0.2, 0.25) is 5.91 Å². The van der Waals surface area contributed by atoms with Gasteiger partial charge in [-0.05, 0) is 73.6 Å². The Morgan fingerprint density at radius 3 is 2.60 bits per heavy atom. The van der Waals surface area contributed by atoms with Crippen molar-refractivity contribution in [3.63, 3.8) is 0 Å². The van der Waals surface area contributed by atoms with Crippen LogP contribution in [0.4, 0.5) is 5.13 Å². The van der Waals surface area contributed by atoms with Crippen LogP contribution in [0.2, 0.25) is 0 Å². The lowest BCUT2D eigenvalue weighted by atomic mass is 9.53. The van der Waals surface area contributed by atoms with Crippen LogP contribution in [0, 0.1) is 23.2 Å². The predicted molar refractivity (Wildman–Crippen MR) is 136 cm³/mol. The number of rotatable bonds is 6. The molecule has 2 aromatic rings. The van der Waals surface area contributed by atoms with E-state index in [1.165, 1.54) is 16.2 Å². The number of aliphatic hydroxyl groups excluding tert-OH is 1. The summed E-state index contributed by atoms with van der Waals surface area (Å²) in [6.45, 7) is 6.36. The van der Waals surface area contributed by atoms with Gasteiger partial charge in [-0.15, -0.1) is 11.3 Å². The molecule has 0 bridgehead atoms. The number of hydrogen-bond acceptors (Lipinski definition) is 6. The van der Waals surface area contributed by atoms with E-state index >= 15 is 0 Å². The fourth-order valence-corrected chi connectivity index (χ4v) is 7.53. The minimum Gasteiger partial charge on any atom is -0.497 e. The zero-order valence-corrected chi connectivity index (χ0v) is 21.7. The molecular weight excluding hydrogens is 462 g/mol. The molecule has 3 N–H and O–H groups in total. The lowest BCUT2D eigenvalue weighted by Gasteiger charge is -2.53. The van der Waals surface area contributed by atoms with Gasteiger partial charge in [0.1, 0.15) is 5.75 Å². The van der Waals surface area contributed by atoms with Crippen molar-refractivity contribution in [2.24, 2.45) is 23.2 Å². The molecule has 7 nitrogen and oxygen atoms in total. The first-order valence-electron chi connectivity index (χ1n) is 12.6. The number of benzene rings is 1. The molecule has 2 fully saturated rings. The van der Waals surface area contributed by atoms with E-state index < -0.39 is 6.10 Å². The summed E-state index contributed by atoms with van der Waals surface area (Å²) in [5.74, 6) is 0.377. The molecule has 35 heavy (non-hydrogen) atoms. The largest absolute Gasteiger partial charge is 0.497 e. The number of anilines is 1. The Morgan fingerprint density at radius 2 is 1.94 bits per heavy atom. The zero-order valence-electron chi connectivity index (χ0n) is 20.8. The van der Waals surface area contributed by atoms with Crippen LogP contribution in [0.3, 0.4) is 0 Å². The molecule has 1 heterocycles. The number of aromatic nitrogens is 1. The van der Waals surface area contributed by atoms with Gasteiger partial charge in [-0.3, -0.25) is 14.9 Å². The van der Waals surface area contributed by atoms with Gasteiger partial charge in [0.05, 0.1) is 18.9 Å². The van der Waals surface area contributed by atoms with E-state index in [0.29, 0.717) is 22.5 Å². The monoisotopic (exact) mass is 497 g/mol. The molecule has 0 aliphatic heterocycles. The standard InChI is InChI=1S/C27H35N3O4S/c1-14(24(32)28-17-7-8-17)19-11-12-27(3)13-20-22(15(2)21(27)23(19)31)29-26(35-20)30-25(33)16-5-9-18(34-4)10-6-16/h5-6,9-10,14-15,17,19,21,23,31H,7-8,11-13H2,1-4H3,(H,28,32)(H,29,30,33)/t14-,15-,19?,21+,23-,27-/m0/s1. The van der Waals surface area contributed by atoms with Crippen LogP contribution in [0.5, 0.6) is 5.75 Å². The number of carbonyl (C=O) groups excluding carboxylic acids is 2. The summed E-state index contributed by atoms with van der Waals surface area (Å²) >= 11 is 1.54. The van der Waals surface area contributed by atoms with E-state index in [9.17, 15) is 14.7 Å². The molecule has 1 aromatic carbocycles. The Balaban J connectivity index is 1.33. The van der Waals surface area contributed by atoms with Gasteiger partial charge in [0.25, 0.3) is 5.91 Å². The van der Waals surface area contributed by atoms with Crippen LogP contribution in [-0.4, -0.2) is 41.2 Å². The number of amides is 2. The zero-order chi connectivity index (χ0) is 24.9. The van der Waals surface area contributed by atoms with Gasteiger partial charge in [0.15, 0.2) is 5.13 Å². The molecule has 8 heteroatoms. The topological polar surface area (TPSA) is 101 Å². The third-order valence-corrected chi connectivity index (χ3v) is 9.46. The van der Waals surface area contributed by atoms with Gasteiger partial charge >= 0.3 is 0 Å². The van der Waals surface area contributed by atoms with Crippen LogP contribution in [0.1, 0.15) is 73.3 Å². The first-order chi connectivity index (χ1) is 16.7. The summed E-state index contributed by atoms with van der Waals surface area (Å²) < 4.78 is 5.17. The van der Waals surface area contributed by atoms with E-state index in [2.05, 4.69) is 24.5 Å². The molecule has 3 aliphatic rings. The summed E-state index contributed by atoms with van der Waals surface area (Å²) in [6.07, 6.45) is 4.21. The van der Waals surface area contributed by atoms with E-state index in [0.717, 1.165) is 37.8 Å². The average molecular weight is 498 g/mol. The van der Waals surface area contributed by atoms with Crippen LogP contribution < -0.4 is 15.4 Å². The molecule has 2 amide bonds. The molecule has 5 rings (SSSR count). The van der Waals surface area contributed by atoms with E-state index in [4.69, 9.17) is 9.72 Å². The lowest BCUT2D eigenvalue weighted by molar-refractivity contribution is -0.134. The second-order valence-electron chi connectivity index (χ2n) is 10.9. The average Bonchev–Trinajstić information content (AvgIpc) is 3.56. The lowest BCUT2D eigenvalue weighted by Crippen LogP contribution is -2.53. The maximum atomic E-state index is 12.8. The van der Waals surface area contributed by atoms with Crippen molar-refractivity contribution in [1.82, 2.24) is 10.3 Å². The van der Waals surface area contributed by atoms with E-state index in [1.807, 2.05) is 6.92 Å². The number of carbonyl (C=O) groups is 2. The van der Waals surface area contributed by atoms with Crippen molar-refractivity contribution in [3.8, 4) is 5.75 Å². The number of methoxy groups -OCH3 is 1. The molecule has 0 spiro atoms. The Morgan fingerprint density at radius 1 is 1.23 bits per heavy atom. The Bertz CT molecular complexity index is 1110. The highest BCUT2D eigenvalue weighted by Crippen LogP contribution is 2.57. The van der Waals surface area contributed by atoms with Crippen molar-refractivity contribution in [2.45, 2.75) is 70.9 Å². The van der Waals surface area contributed by atoms with Crippen LogP contribution in [0.25, 0.3) is 0 Å². The smallest absolute Gasteiger partial charge is 0.257 e. The van der Waals surface area contributed by atoms with Crippen molar-refractivity contribution in [3.05, 3.63) is 40.4 Å². The first-order valence-corrected chi connectivity index (χ1v) is 13.5. The van der Waals surface area contributed by atoms with Crippen LogP contribution in [0.15, 0.2) is 24.3 Å². The summed E-state index contributed by atoms with van der Waals surface area (Å²) in [7, 11) is 1.59. The van der Waals surface area contributed by atoms with Crippen molar-refractivity contribution in [1.29, 1.82) is 0 Å². The predicted octanol–water partition coefficient (Wildman–Crippen LogP) is 4.37. The van der Waals surface area contributed by atoms with Crippen molar-refractivity contribution in [2.75, 3.05) is 12.4 Å². The van der Waals surface area contributed by atoms with Crippen LogP contribution >= 0.6 is 11.3 Å². The number of thiazole rings is 1. The molecule has 3 aliphatic carbocycles. The van der Waals surface area contributed by atoms with Crippen LogP contribution in [-0.2, 0) is 11.2 Å². The summed E-state index contributed by atoms with van der Waals surface area (Å²) in [6, 6.07) is 7.32. The number of fused-ring (bicyclic) bond motifs is 2. The number of ether oxygens (including phenoxy) is 1. The second kappa shape index (κ2) is 9.21. The van der Waals surface area contributed by atoms with Gasteiger partial charge in [0, 0.05) is 28.3 Å². The SMILES string of the molecule is COc1ccc(C(=O)Nc2nc3c(s2)C[C@]2(C)CCC([C@H](C)C(=O)NC4CC4)[C@H](O)[C@H]2[C@@H]3C)cc1. The Kier molecular flexibility index (Phi) is 6.38. The van der Waals surface area contributed by atoms with Gasteiger partial charge in [-0.2, -0.15) is 0 Å². The highest BCUT2D eigenvalue weighted by molar-refractivity contribution is 7.15. The summed E-state index contributed by atoms with van der Waals surface area (Å²) in [4.78, 5) is 31.5. The minimum atomic E-state index is -0.559. The van der Waals surface area contributed by atoms with E-state index in [-0.39, 0.29) is 40.9 Å². The van der Waals surface area contributed by atoms with Gasteiger partial charge in [-0.1, -0.05) is 20.8 Å². The fourth-order valence-electron chi connectivity index (χ4n) is 6.27. The normalized spacial score (nSPS) is 30.5. The fraction of sp³-hybridized carbons (Fsp3) is 0.593. The molecule has 6 atom stereocenters. The molecular formula is C27H35N3O4S. The third kappa shape index (κ3) is 4.58. The first kappa shape index (κ1) is 24.3. The molecule has 0 radical (unpaired) electrons. The van der Waals surface area contributed by atoms with Gasteiger partial charge < -0.3 is 15.2 Å². The number of nitrogens with zero attached hydrogens (tertiary/aromatic N) is 1. The number of aliphatic hydroxyl groups is 1. The summed E-state index contributed by atoms with van der Waals surface area (Å²) in [5, 5.41) is 18.2. The highest BCUT2D eigenvalue weighted by Gasteiger charge is 2.54. The Labute approximate surface area is 210 Å². The minimum absolute atomic E-state index is 0.0252. The molecule has 1 aromatic heterocycles. The maximum absolute atomic E-state index is 12.8. The second-order valence-corrected chi connectivity index (χ2v) is 12.0. The summed E-state index contributed by atoms with van der Waals surface area (Å²) in [5.41, 5.74) is 1.46. The number of hydrogen-bond donors (Lipinski definition) is 3. The molecule has 1 unspecified atom stereocenters. The maximum Gasteiger partial charge on any atom is 0.257 e. The molecule has 188 valence electrons. The number of nitrogens with one attached hydrogen (secondary N) is 2. The third-order valence-electron chi connectivity index (χ3n) is 8.47. The highest BCUT2D eigenvalue weighted by atomic mass is 32.1. The van der Waals surface area contributed by atoms with Gasteiger partial charge in [-0.25, -0.2) is 4.98 Å². The molecule has 2 saturated carbocycles. The van der Waals surface area contributed by atoms with Crippen molar-refractivity contribution >= 4 is 28.3 Å². The molecule has 0 saturated heterocycles.